The van der Waals surface area contributed by atoms with Crippen LogP contribution < -0.4 is 14.4 Å². The van der Waals surface area contributed by atoms with E-state index in [1.165, 1.54) is 22.3 Å². The van der Waals surface area contributed by atoms with Crippen molar-refractivity contribution in [1.82, 2.24) is 4.98 Å². The molecule has 2 aromatic carbocycles. The second-order valence-electron chi connectivity index (χ2n) is 7.92. The number of phenols is 1. The van der Waals surface area contributed by atoms with E-state index < -0.39 is 17.7 Å². The molecule has 1 fully saturated rings. The molecule has 0 spiro atoms. The molecular weight excluding hydrogens is 468 g/mol. The molecule has 2 N–H and O–H groups in total. The topological polar surface area (TPSA) is 109 Å². The average Bonchev–Trinajstić information content (AvgIpc) is 3.30. The van der Waals surface area contributed by atoms with Crippen LogP contribution in [-0.4, -0.2) is 40.1 Å². The molecule has 1 saturated heterocycles. The van der Waals surface area contributed by atoms with Gasteiger partial charge in [0.15, 0.2) is 16.6 Å². The second-order valence-corrected chi connectivity index (χ2v) is 9.11. The molecule has 0 bridgehead atoms. The molecule has 0 radical (unpaired) electrons. The van der Waals surface area contributed by atoms with E-state index in [2.05, 4.69) is 4.98 Å². The average molecular weight is 495 g/mol. The number of anilines is 1. The number of phenolic OH excluding ortho intramolecular Hbond substituents is 1. The number of aryl methyl sites for hydroxylation is 2. The van der Waals surface area contributed by atoms with Gasteiger partial charge in [0, 0.05) is 10.4 Å². The standard InChI is InChI=1S/C26H26N2O6S/c1-5-33-18-10-7-16(8-11-18)23(30)21-22(17-9-12-19(29)20(13-17)34-6-2)28(25(32)24(21)31)26-27-14(3)15(4)35-26/h7-13,22,29-30H,5-6H2,1-4H3/b23-21+/t22-/m0/s1. The summed E-state index contributed by atoms with van der Waals surface area (Å²) >= 11 is 1.29. The number of ketones is 1. The molecule has 4 rings (SSSR count). The van der Waals surface area contributed by atoms with E-state index in [1.54, 1.807) is 43.3 Å². The van der Waals surface area contributed by atoms with Crippen LogP contribution in [0.15, 0.2) is 48.0 Å². The van der Waals surface area contributed by atoms with Gasteiger partial charge in [0.05, 0.1) is 30.5 Å². The SMILES string of the molecule is CCOc1ccc(/C(O)=C2\C(=O)C(=O)N(c3nc(C)c(C)s3)[C@H]2c2ccc(O)c(OCC)c2)cc1. The minimum Gasteiger partial charge on any atom is -0.507 e. The molecule has 0 unspecified atom stereocenters. The Morgan fingerprint density at radius 1 is 1.06 bits per heavy atom. The van der Waals surface area contributed by atoms with E-state index in [1.807, 2.05) is 20.8 Å². The summed E-state index contributed by atoms with van der Waals surface area (Å²) in [6.45, 7) is 8.17. The number of Topliss-reactive ketones (excluding diaryl/α,β-unsaturated/α-hetero) is 1. The third kappa shape index (κ3) is 4.46. The Hall–Kier alpha value is -3.85. The van der Waals surface area contributed by atoms with E-state index in [0.717, 1.165) is 10.6 Å². The fraction of sp³-hybridized carbons (Fsp3) is 0.269. The van der Waals surface area contributed by atoms with Crippen LogP contribution in [0.4, 0.5) is 5.13 Å². The van der Waals surface area contributed by atoms with Crippen molar-refractivity contribution in [2.75, 3.05) is 18.1 Å². The predicted molar refractivity (Wildman–Crippen MR) is 133 cm³/mol. The van der Waals surface area contributed by atoms with Crippen molar-refractivity contribution < 1.29 is 29.3 Å². The van der Waals surface area contributed by atoms with Crippen molar-refractivity contribution in [3.05, 3.63) is 69.7 Å². The highest BCUT2D eigenvalue weighted by Gasteiger charge is 2.48. The first kappa shape index (κ1) is 24.3. The number of aliphatic hydroxyl groups is 1. The molecule has 1 atom stereocenters. The smallest absolute Gasteiger partial charge is 0.301 e. The normalized spacial score (nSPS) is 17.1. The molecule has 2 heterocycles. The lowest BCUT2D eigenvalue weighted by Gasteiger charge is -2.23. The second kappa shape index (κ2) is 9.79. The number of rotatable bonds is 7. The van der Waals surface area contributed by atoms with Crippen LogP contribution in [0.25, 0.3) is 5.76 Å². The number of nitrogens with zero attached hydrogens (tertiary/aromatic N) is 2. The summed E-state index contributed by atoms with van der Waals surface area (Å²) in [5, 5.41) is 21.8. The Labute approximate surface area is 207 Å². The third-order valence-electron chi connectivity index (χ3n) is 5.71. The van der Waals surface area contributed by atoms with Gasteiger partial charge in [-0.2, -0.15) is 0 Å². The van der Waals surface area contributed by atoms with E-state index in [4.69, 9.17) is 9.47 Å². The Kier molecular flexibility index (Phi) is 6.79. The predicted octanol–water partition coefficient (Wildman–Crippen LogP) is 4.89. The Balaban J connectivity index is 1.91. The summed E-state index contributed by atoms with van der Waals surface area (Å²) in [6, 6.07) is 10.3. The van der Waals surface area contributed by atoms with Gasteiger partial charge in [-0.1, -0.05) is 6.07 Å². The molecule has 1 aliphatic heterocycles. The highest BCUT2D eigenvalue weighted by Crippen LogP contribution is 2.45. The molecule has 9 heteroatoms. The zero-order valence-corrected chi connectivity index (χ0v) is 20.7. The zero-order chi connectivity index (χ0) is 25.3. The first-order chi connectivity index (χ1) is 16.8. The maximum Gasteiger partial charge on any atom is 0.301 e. The number of aliphatic hydroxyl groups excluding tert-OH is 1. The van der Waals surface area contributed by atoms with Crippen LogP contribution in [0.2, 0.25) is 0 Å². The summed E-state index contributed by atoms with van der Waals surface area (Å²) < 4.78 is 11.0. The van der Waals surface area contributed by atoms with Crippen LogP contribution >= 0.6 is 11.3 Å². The van der Waals surface area contributed by atoms with Gasteiger partial charge in [0.2, 0.25) is 0 Å². The minimum atomic E-state index is -0.966. The number of benzene rings is 2. The Morgan fingerprint density at radius 3 is 2.34 bits per heavy atom. The van der Waals surface area contributed by atoms with E-state index in [0.29, 0.717) is 35.2 Å². The highest BCUT2D eigenvalue weighted by atomic mass is 32.1. The summed E-state index contributed by atoms with van der Waals surface area (Å²) in [5.41, 5.74) is 1.53. The zero-order valence-electron chi connectivity index (χ0n) is 19.9. The van der Waals surface area contributed by atoms with Crippen molar-refractivity contribution >= 4 is 33.9 Å². The molecule has 3 aromatic rings. The molecule has 1 aliphatic rings. The Morgan fingerprint density at radius 2 is 1.74 bits per heavy atom. The van der Waals surface area contributed by atoms with Gasteiger partial charge in [0.25, 0.3) is 5.78 Å². The third-order valence-corrected chi connectivity index (χ3v) is 6.78. The number of aromatic hydroxyl groups is 1. The van der Waals surface area contributed by atoms with Gasteiger partial charge in [0.1, 0.15) is 11.5 Å². The molecule has 182 valence electrons. The molecular formula is C26H26N2O6S. The molecule has 0 saturated carbocycles. The van der Waals surface area contributed by atoms with Crippen LogP contribution in [0.3, 0.4) is 0 Å². The fourth-order valence-corrected chi connectivity index (χ4v) is 4.84. The van der Waals surface area contributed by atoms with Gasteiger partial charge in [-0.25, -0.2) is 4.98 Å². The summed E-state index contributed by atoms with van der Waals surface area (Å²) in [5.74, 6) is -1.16. The molecule has 8 nitrogen and oxygen atoms in total. The van der Waals surface area contributed by atoms with Gasteiger partial charge < -0.3 is 19.7 Å². The van der Waals surface area contributed by atoms with Gasteiger partial charge in [-0.15, -0.1) is 11.3 Å². The molecule has 1 aromatic heterocycles. The van der Waals surface area contributed by atoms with Gasteiger partial charge >= 0.3 is 5.91 Å². The van der Waals surface area contributed by atoms with E-state index >= 15 is 0 Å². The highest BCUT2D eigenvalue weighted by molar-refractivity contribution is 7.16. The number of amides is 1. The van der Waals surface area contributed by atoms with Crippen molar-refractivity contribution in [2.24, 2.45) is 0 Å². The summed E-state index contributed by atoms with van der Waals surface area (Å²) in [4.78, 5) is 33.3. The molecule has 0 aliphatic carbocycles. The lowest BCUT2D eigenvalue weighted by atomic mass is 9.95. The Bertz CT molecular complexity index is 1290. The lowest BCUT2D eigenvalue weighted by Crippen LogP contribution is -2.29. The first-order valence-electron chi connectivity index (χ1n) is 11.2. The minimum absolute atomic E-state index is 0.0694. The summed E-state index contributed by atoms with van der Waals surface area (Å²) in [6.07, 6.45) is 0. The quantitative estimate of drug-likeness (QED) is 0.273. The van der Waals surface area contributed by atoms with Gasteiger partial charge in [-0.05, 0) is 69.7 Å². The number of hydrogen-bond donors (Lipinski definition) is 2. The van der Waals surface area contributed by atoms with Crippen LogP contribution in [-0.2, 0) is 9.59 Å². The molecule has 35 heavy (non-hydrogen) atoms. The lowest BCUT2D eigenvalue weighted by molar-refractivity contribution is -0.132. The number of ether oxygens (including phenoxy) is 2. The molecule has 1 amide bonds. The number of hydrogen-bond acceptors (Lipinski definition) is 8. The maximum absolute atomic E-state index is 13.3. The summed E-state index contributed by atoms with van der Waals surface area (Å²) in [7, 11) is 0. The monoisotopic (exact) mass is 494 g/mol. The van der Waals surface area contributed by atoms with E-state index in [9.17, 15) is 19.8 Å². The van der Waals surface area contributed by atoms with E-state index in [-0.39, 0.29) is 22.8 Å². The number of carbonyl (C=O) groups is 2. The van der Waals surface area contributed by atoms with Crippen molar-refractivity contribution in [3.8, 4) is 17.2 Å². The largest absolute Gasteiger partial charge is 0.507 e. The fourth-order valence-electron chi connectivity index (χ4n) is 3.91. The number of thiazole rings is 1. The van der Waals surface area contributed by atoms with Crippen molar-refractivity contribution in [3.63, 3.8) is 0 Å². The van der Waals surface area contributed by atoms with Crippen molar-refractivity contribution in [2.45, 2.75) is 33.7 Å². The maximum atomic E-state index is 13.3. The van der Waals surface area contributed by atoms with Crippen LogP contribution in [0.1, 0.15) is 41.6 Å². The number of carbonyl (C=O) groups excluding carboxylic acids is 2. The van der Waals surface area contributed by atoms with Crippen LogP contribution in [0, 0.1) is 13.8 Å². The van der Waals surface area contributed by atoms with Crippen LogP contribution in [0.5, 0.6) is 17.2 Å². The van der Waals surface area contributed by atoms with Gasteiger partial charge in [-0.3, -0.25) is 14.5 Å². The number of aromatic nitrogens is 1. The first-order valence-corrected chi connectivity index (χ1v) is 12.0. The van der Waals surface area contributed by atoms with Crippen molar-refractivity contribution in [1.29, 1.82) is 0 Å².